The molecule has 1 fully saturated rings. The minimum Gasteiger partial charge on any atom is -0.478 e. The van der Waals surface area contributed by atoms with Gasteiger partial charge in [0.1, 0.15) is 10.6 Å². The molecule has 120 valence electrons. The highest BCUT2D eigenvalue weighted by Gasteiger charge is 2.22. The Morgan fingerprint density at radius 1 is 1.35 bits per heavy atom. The van der Waals surface area contributed by atoms with Crippen LogP contribution in [0.1, 0.15) is 28.9 Å². The molecule has 0 radical (unpaired) electrons. The molecule has 1 atom stereocenters. The van der Waals surface area contributed by atoms with Crippen LogP contribution in [0, 0.1) is 6.92 Å². The van der Waals surface area contributed by atoms with E-state index in [4.69, 9.17) is 4.74 Å². The minimum absolute atomic E-state index is 0.178. The summed E-state index contributed by atoms with van der Waals surface area (Å²) in [4.78, 5) is 20.4. The molecular formula is C17H18N2O3S. The van der Waals surface area contributed by atoms with Crippen LogP contribution < -0.4 is 0 Å². The summed E-state index contributed by atoms with van der Waals surface area (Å²) in [6, 6.07) is 9.60. The van der Waals surface area contributed by atoms with E-state index in [0.717, 1.165) is 25.0 Å². The van der Waals surface area contributed by atoms with E-state index >= 15 is 0 Å². The molecule has 1 aromatic heterocycles. The van der Waals surface area contributed by atoms with Gasteiger partial charge in [-0.25, -0.2) is 14.8 Å². The molecule has 1 unspecified atom stereocenters. The van der Waals surface area contributed by atoms with Crippen molar-refractivity contribution in [1.82, 2.24) is 9.97 Å². The summed E-state index contributed by atoms with van der Waals surface area (Å²) in [5.74, 6) is 0.283. The van der Waals surface area contributed by atoms with Gasteiger partial charge in [0.05, 0.1) is 11.8 Å². The van der Waals surface area contributed by atoms with Crippen LogP contribution in [0.2, 0.25) is 0 Å². The Balaban J connectivity index is 1.93. The Morgan fingerprint density at radius 2 is 2.13 bits per heavy atom. The summed E-state index contributed by atoms with van der Waals surface area (Å²) in [7, 11) is 0. The molecule has 23 heavy (non-hydrogen) atoms. The van der Waals surface area contributed by atoms with Crippen LogP contribution in [0.15, 0.2) is 35.4 Å². The van der Waals surface area contributed by atoms with Gasteiger partial charge < -0.3 is 9.84 Å². The molecule has 0 amide bonds. The first kappa shape index (κ1) is 16.0. The predicted octanol–water partition coefficient (Wildman–Crippen LogP) is 3.42. The van der Waals surface area contributed by atoms with Crippen molar-refractivity contribution in [2.24, 2.45) is 0 Å². The second-order valence-corrected chi connectivity index (χ2v) is 6.44. The van der Waals surface area contributed by atoms with Crippen LogP contribution in [-0.2, 0) is 4.74 Å². The van der Waals surface area contributed by atoms with Crippen LogP contribution in [0.5, 0.6) is 0 Å². The Kier molecular flexibility index (Phi) is 4.93. The Labute approximate surface area is 139 Å². The minimum atomic E-state index is -0.989. The van der Waals surface area contributed by atoms with Gasteiger partial charge in [-0.2, -0.15) is 0 Å². The number of aromatic nitrogens is 2. The lowest BCUT2D eigenvalue weighted by Crippen LogP contribution is -2.12. The van der Waals surface area contributed by atoms with Crippen LogP contribution in [-0.4, -0.2) is 39.5 Å². The number of hydrogen-bond acceptors (Lipinski definition) is 5. The molecule has 0 aliphatic carbocycles. The molecule has 0 bridgehead atoms. The number of aromatic carboxylic acids is 1. The van der Waals surface area contributed by atoms with Crippen LogP contribution in [0.25, 0.3) is 11.4 Å². The van der Waals surface area contributed by atoms with Gasteiger partial charge in [0, 0.05) is 17.9 Å². The molecule has 2 heterocycles. The summed E-state index contributed by atoms with van der Waals surface area (Å²) < 4.78 is 5.61. The normalized spacial score (nSPS) is 17.3. The molecular weight excluding hydrogens is 312 g/mol. The first-order valence-corrected chi connectivity index (χ1v) is 8.55. The maximum absolute atomic E-state index is 11.6. The Morgan fingerprint density at radius 3 is 2.78 bits per heavy atom. The van der Waals surface area contributed by atoms with Crippen molar-refractivity contribution in [1.29, 1.82) is 0 Å². The molecule has 3 rings (SSSR count). The van der Waals surface area contributed by atoms with Gasteiger partial charge in [-0.1, -0.05) is 30.3 Å². The van der Waals surface area contributed by atoms with Crippen LogP contribution in [0.4, 0.5) is 0 Å². The molecule has 2 aromatic rings. The standard InChI is InChI=1S/C17H18N2O3S/c1-11-14(17(20)21)16(23-10-13-8-5-9-22-13)19-15(18-11)12-6-3-2-4-7-12/h2-4,6-7,13H,5,8-10H2,1H3,(H,20,21). The van der Waals surface area contributed by atoms with E-state index < -0.39 is 5.97 Å². The second kappa shape index (κ2) is 7.10. The lowest BCUT2D eigenvalue weighted by atomic mass is 10.2. The zero-order valence-electron chi connectivity index (χ0n) is 12.9. The first-order chi connectivity index (χ1) is 11.1. The van der Waals surface area contributed by atoms with E-state index in [9.17, 15) is 9.90 Å². The Hall–Kier alpha value is -1.92. The number of thioether (sulfide) groups is 1. The average Bonchev–Trinajstić information content (AvgIpc) is 3.06. The zero-order valence-corrected chi connectivity index (χ0v) is 13.7. The number of carboxylic acids is 1. The third-order valence-electron chi connectivity index (χ3n) is 3.73. The second-order valence-electron chi connectivity index (χ2n) is 5.43. The molecule has 6 heteroatoms. The fourth-order valence-electron chi connectivity index (χ4n) is 2.56. The largest absolute Gasteiger partial charge is 0.478 e. The number of nitrogens with zero attached hydrogens (tertiary/aromatic N) is 2. The van der Waals surface area contributed by atoms with Gasteiger partial charge in [-0.15, -0.1) is 11.8 Å². The highest BCUT2D eigenvalue weighted by atomic mass is 32.2. The number of aryl methyl sites for hydroxylation is 1. The van der Waals surface area contributed by atoms with Gasteiger partial charge in [-0.05, 0) is 19.8 Å². The fourth-order valence-corrected chi connectivity index (χ4v) is 3.70. The monoisotopic (exact) mass is 330 g/mol. The summed E-state index contributed by atoms with van der Waals surface area (Å²) in [5, 5.41) is 9.99. The summed E-state index contributed by atoms with van der Waals surface area (Å²) in [5.41, 5.74) is 1.56. The number of rotatable bonds is 5. The average molecular weight is 330 g/mol. The lowest BCUT2D eigenvalue weighted by Gasteiger charge is -2.12. The predicted molar refractivity (Wildman–Crippen MR) is 88.9 cm³/mol. The van der Waals surface area contributed by atoms with Crippen LogP contribution >= 0.6 is 11.8 Å². The van der Waals surface area contributed by atoms with Crippen molar-refractivity contribution in [3.8, 4) is 11.4 Å². The van der Waals surface area contributed by atoms with Gasteiger partial charge in [-0.3, -0.25) is 0 Å². The van der Waals surface area contributed by atoms with Gasteiger partial charge in [0.15, 0.2) is 5.82 Å². The molecule has 0 saturated carbocycles. The van der Waals surface area contributed by atoms with Crippen molar-refractivity contribution in [3.05, 3.63) is 41.6 Å². The van der Waals surface area contributed by atoms with E-state index in [1.165, 1.54) is 11.8 Å². The topological polar surface area (TPSA) is 72.3 Å². The van der Waals surface area contributed by atoms with Gasteiger partial charge in [0.25, 0.3) is 0 Å². The number of benzene rings is 1. The molecule has 1 aromatic carbocycles. The number of ether oxygens (including phenoxy) is 1. The highest BCUT2D eigenvalue weighted by Crippen LogP contribution is 2.28. The van der Waals surface area contributed by atoms with Gasteiger partial charge in [0.2, 0.25) is 0 Å². The highest BCUT2D eigenvalue weighted by molar-refractivity contribution is 7.99. The SMILES string of the molecule is Cc1nc(-c2ccccc2)nc(SCC2CCCO2)c1C(=O)O. The number of hydrogen-bond donors (Lipinski definition) is 1. The number of carbonyl (C=O) groups is 1. The molecule has 1 saturated heterocycles. The summed E-state index contributed by atoms with van der Waals surface area (Å²) >= 11 is 1.44. The van der Waals surface area contributed by atoms with E-state index in [1.807, 2.05) is 30.3 Å². The van der Waals surface area contributed by atoms with Crippen molar-refractivity contribution < 1.29 is 14.6 Å². The van der Waals surface area contributed by atoms with Crippen molar-refractivity contribution in [2.75, 3.05) is 12.4 Å². The fraction of sp³-hybridized carbons (Fsp3) is 0.353. The molecule has 0 spiro atoms. The third-order valence-corrected chi connectivity index (χ3v) is 4.84. The van der Waals surface area contributed by atoms with Gasteiger partial charge >= 0.3 is 5.97 Å². The van der Waals surface area contributed by atoms with Crippen molar-refractivity contribution in [3.63, 3.8) is 0 Å². The van der Waals surface area contributed by atoms with Crippen molar-refractivity contribution in [2.45, 2.75) is 30.9 Å². The smallest absolute Gasteiger partial charge is 0.340 e. The maximum Gasteiger partial charge on any atom is 0.340 e. The van der Waals surface area contributed by atoms with Crippen molar-refractivity contribution >= 4 is 17.7 Å². The lowest BCUT2D eigenvalue weighted by molar-refractivity contribution is 0.0690. The molecule has 5 nitrogen and oxygen atoms in total. The van der Waals surface area contributed by atoms with Crippen LogP contribution in [0.3, 0.4) is 0 Å². The van der Waals surface area contributed by atoms with E-state index in [1.54, 1.807) is 6.92 Å². The quantitative estimate of drug-likeness (QED) is 0.669. The maximum atomic E-state index is 11.6. The first-order valence-electron chi connectivity index (χ1n) is 7.57. The third kappa shape index (κ3) is 3.71. The molecule has 1 N–H and O–H groups in total. The van der Waals surface area contributed by atoms with E-state index in [0.29, 0.717) is 22.3 Å². The molecule has 1 aliphatic heterocycles. The zero-order chi connectivity index (χ0) is 16.2. The molecule has 1 aliphatic rings. The van der Waals surface area contributed by atoms with E-state index in [-0.39, 0.29) is 11.7 Å². The van der Waals surface area contributed by atoms with E-state index in [2.05, 4.69) is 9.97 Å². The summed E-state index contributed by atoms with van der Waals surface area (Å²) in [6.07, 6.45) is 2.26. The number of carboxylic acid groups (broad SMARTS) is 1. The Bertz CT molecular complexity index is 700. The summed E-state index contributed by atoms with van der Waals surface area (Å²) in [6.45, 7) is 2.50.